The third-order valence-electron chi connectivity index (χ3n) is 1.59. The molecule has 1 unspecified atom stereocenters. The lowest BCUT2D eigenvalue weighted by molar-refractivity contribution is -0.548. The number of benzene rings is 1. The molecule has 0 heterocycles. The van der Waals surface area contributed by atoms with E-state index in [1.54, 1.807) is 18.2 Å². The highest BCUT2D eigenvalue weighted by molar-refractivity contribution is 5.73. The molecular weight excluding hydrogens is 202 g/mol. The van der Waals surface area contributed by atoms with E-state index in [9.17, 15) is 14.9 Å². The van der Waals surface area contributed by atoms with Gasteiger partial charge in [-0.05, 0) is 12.1 Å². The number of carbonyl (C=O) groups excluding carboxylic acids is 1. The molecular formula is C9H9NO5. The SMILES string of the molecule is COC(=O)C(Oc1ccccc1)[N+](=O)[O-]. The summed E-state index contributed by atoms with van der Waals surface area (Å²) < 4.78 is 9.10. The number of rotatable bonds is 4. The third-order valence-corrected chi connectivity index (χ3v) is 1.59. The summed E-state index contributed by atoms with van der Waals surface area (Å²) in [7, 11) is 1.06. The molecule has 6 nitrogen and oxygen atoms in total. The first kappa shape index (κ1) is 11.0. The average molecular weight is 211 g/mol. The van der Waals surface area contributed by atoms with E-state index in [2.05, 4.69) is 4.74 Å². The molecule has 0 spiro atoms. The minimum atomic E-state index is -1.82. The van der Waals surface area contributed by atoms with Crippen molar-refractivity contribution in [1.29, 1.82) is 0 Å². The summed E-state index contributed by atoms with van der Waals surface area (Å²) in [6.45, 7) is 0. The molecule has 0 saturated heterocycles. The second-order valence-corrected chi connectivity index (χ2v) is 2.59. The van der Waals surface area contributed by atoms with E-state index >= 15 is 0 Å². The highest BCUT2D eigenvalue weighted by Gasteiger charge is 2.33. The van der Waals surface area contributed by atoms with Crippen LogP contribution in [0.15, 0.2) is 30.3 Å². The number of ether oxygens (including phenoxy) is 2. The second kappa shape index (κ2) is 4.94. The molecule has 0 N–H and O–H groups in total. The van der Waals surface area contributed by atoms with Gasteiger partial charge in [0.2, 0.25) is 0 Å². The van der Waals surface area contributed by atoms with Crippen LogP contribution in [-0.2, 0) is 9.53 Å². The molecule has 0 aliphatic carbocycles. The topological polar surface area (TPSA) is 78.7 Å². The van der Waals surface area contributed by atoms with E-state index < -0.39 is 17.1 Å². The van der Waals surface area contributed by atoms with E-state index in [1.807, 2.05) is 0 Å². The van der Waals surface area contributed by atoms with Crippen molar-refractivity contribution >= 4 is 5.97 Å². The Bertz CT molecular complexity index is 351. The summed E-state index contributed by atoms with van der Waals surface area (Å²) in [6.07, 6.45) is -1.82. The van der Waals surface area contributed by atoms with Crippen molar-refractivity contribution < 1.29 is 19.2 Å². The van der Waals surface area contributed by atoms with Crippen LogP contribution in [0, 0.1) is 10.1 Å². The summed E-state index contributed by atoms with van der Waals surface area (Å²) in [5.74, 6) is -0.798. The van der Waals surface area contributed by atoms with Gasteiger partial charge < -0.3 is 9.47 Å². The fraction of sp³-hybridized carbons (Fsp3) is 0.222. The summed E-state index contributed by atoms with van der Waals surface area (Å²) in [6, 6.07) is 8.04. The van der Waals surface area contributed by atoms with Crippen molar-refractivity contribution in [3.05, 3.63) is 40.4 Å². The Morgan fingerprint density at radius 1 is 1.40 bits per heavy atom. The van der Waals surface area contributed by atoms with Crippen LogP contribution < -0.4 is 4.74 Å². The van der Waals surface area contributed by atoms with Crippen LogP contribution in [0.4, 0.5) is 0 Å². The molecule has 0 radical (unpaired) electrons. The van der Waals surface area contributed by atoms with E-state index in [0.29, 0.717) is 0 Å². The largest absolute Gasteiger partial charge is 0.461 e. The molecule has 1 aromatic rings. The Labute approximate surface area is 85.6 Å². The van der Waals surface area contributed by atoms with Crippen molar-refractivity contribution in [2.45, 2.75) is 6.23 Å². The molecule has 0 amide bonds. The zero-order valence-corrected chi connectivity index (χ0v) is 7.95. The molecule has 6 heteroatoms. The maximum absolute atomic E-state index is 11.0. The maximum atomic E-state index is 11.0. The van der Waals surface area contributed by atoms with E-state index in [-0.39, 0.29) is 5.75 Å². The zero-order chi connectivity index (χ0) is 11.3. The number of esters is 1. The molecule has 0 saturated carbocycles. The average Bonchev–Trinajstić information content (AvgIpc) is 2.26. The van der Waals surface area contributed by atoms with Gasteiger partial charge in [-0.25, -0.2) is 4.79 Å². The Morgan fingerprint density at radius 2 is 2.00 bits per heavy atom. The Balaban J connectivity index is 2.76. The summed E-state index contributed by atoms with van der Waals surface area (Å²) >= 11 is 0. The normalized spacial score (nSPS) is 11.5. The fourth-order valence-corrected chi connectivity index (χ4v) is 0.906. The van der Waals surface area contributed by atoms with Crippen LogP contribution in [0.25, 0.3) is 0 Å². The molecule has 0 fully saturated rings. The fourth-order valence-electron chi connectivity index (χ4n) is 0.906. The molecule has 1 rings (SSSR count). The van der Waals surface area contributed by atoms with Crippen molar-refractivity contribution in [3.8, 4) is 5.75 Å². The van der Waals surface area contributed by atoms with Crippen LogP contribution in [0.1, 0.15) is 0 Å². The van der Waals surface area contributed by atoms with Gasteiger partial charge >= 0.3 is 12.2 Å². The summed E-state index contributed by atoms with van der Waals surface area (Å²) in [5.41, 5.74) is 0. The molecule has 1 atom stereocenters. The number of hydrogen-bond donors (Lipinski definition) is 0. The van der Waals surface area contributed by atoms with Crippen LogP contribution in [0.2, 0.25) is 0 Å². The molecule has 0 aliphatic rings. The van der Waals surface area contributed by atoms with Crippen LogP contribution in [0.3, 0.4) is 0 Å². The van der Waals surface area contributed by atoms with Gasteiger partial charge in [0, 0.05) is 0 Å². The number of methoxy groups -OCH3 is 1. The van der Waals surface area contributed by atoms with Gasteiger partial charge in [-0.2, -0.15) is 0 Å². The first-order chi connectivity index (χ1) is 7.15. The molecule has 1 aromatic carbocycles. The van der Waals surface area contributed by atoms with Crippen LogP contribution in [-0.4, -0.2) is 24.2 Å². The van der Waals surface area contributed by atoms with Gasteiger partial charge in [-0.3, -0.25) is 10.1 Å². The lowest BCUT2D eigenvalue weighted by Gasteiger charge is -2.09. The minimum Gasteiger partial charge on any atom is -0.461 e. The Kier molecular flexibility index (Phi) is 3.61. The lowest BCUT2D eigenvalue weighted by atomic mass is 10.3. The molecule has 15 heavy (non-hydrogen) atoms. The van der Waals surface area contributed by atoms with Crippen LogP contribution in [0.5, 0.6) is 5.75 Å². The number of nitrogens with zero attached hydrogens (tertiary/aromatic N) is 1. The number of hydrogen-bond acceptors (Lipinski definition) is 5. The standard InChI is InChI=1S/C9H9NO5/c1-14-9(11)8(10(12)13)15-7-5-3-2-4-6-7/h2-6,8H,1H3. The van der Waals surface area contributed by atoms with Crippen molar-refractivity contribution in [2.75, 3.05) is 7.11 Å². The van der Waals surface area contributed by atoms with Gasteiger partial charge in [-0.15, -0.1) is 0 Å². The summed E-state index contributed by atoms with van der Waals surface area (Å²) in [4.78, 5) is 20.6. The molecule has 0 bridgehead atoms. The molecule has 0 aromatic heterocycles. The van der Waals surface area contributed by atoms with Gasteiger partial charge in [0.15, 0.2) is 0 Å². The minimum absolute atomic E-state index is 0.240. The molecule has 80 valence electrons. The Hall–Kier alpha value is -2.11. The lowest BCUT2D eigenvalue weighted by Crippen LogP contribution is -2.36. The number of para-hydroxylation sites is 1. The number of nitro groups is 1. The van der Waals surface area contributed by atoms with E-state index in [4.69, 9.17) is 4.74 Å². The van der Waals surface area contributed by atoms with Crippen LogP contribution >= 0.6 is 0 Å². The van der Waals surface area contributed by atoms with Gasteiger partial charge in [0.1, 0.15) is 5.75 Å². The molecule has 0 aliphatic heterocycles. The summed E-state index contributed by atoms with van der Waals surface area (Å²) in [5, 5.41) is 10.5. The van der Waals surface area contributed by atoms with Gasteiger partial charge in [0.05, 0.1) is 12.0 Å². The first-order valence-corrected chi connectivity index (χ1v) is 4.08. The highest BCUT2D eigenvalue weighted by atomic mass is 16.7. The number of carbonyl (C=O) groups is 1. The zero-order valence-electron chi connectivity index (χ0n) is 7.95. The van der Waals surface area contributed by atoms with Gasteiger partial charge in [0.25, 0.3) is 0 Å². The first-order valence-electron chi connectivity index (χ1n) is 4.08. The smallest absolute Gasteiger partial charge is 0.452 e. The maximum Gasteiger partial charge on any atom is 0.452 e. The van der Waals surface area contributed by atoms with Gasteiger partial charge in [-0.1, -0.05) is 18.2 Å². The third kappa shape index (κ3) is 2.94. The quantitative estimate of drug-likeness (QED) is 0.319. The van der Waals surface area contributed by atoms with Crippen molar-refractivity contribution in [3.63, 3.8) is 0 Å². The monoisotopic (exact) mass is 211 g/mol. The Morgan fingerprint density at radius 3 is 2.47 bits per heavy atom. The predicted molar refractivity (Wildman–Crippen MR) is 49.9 cm³/mol. The van der Waals surface area contributed by atoms with E-state index in [0.717, 1.165) is 7.11 Å². The van der Waals surface area contributed by atoms with Crippen molar-refractivity contribution in [2.24, 2.45) is 0 Å². The second-order valence-electron chi connectivity index (χ2n) is 2.59. The van der Waals surface area contributed by atoms with E-state index in [1.165, 1.54) is 12.1 Å². The van der Waals surface area contributed by atoms with Crippen molar-refractivity contribution in [1.82, 2.24) is 0 Å². The highest BCUT2D eigenvalue weighted by Crippen LogP contribution is 2.11. The predicted octanol–water partition coefficient (Wildman–Crippen LogP) is 0.841.